The molecule has 1 amide bonds. The van der Waals surface area contributed by atoms with E-state index in [1.807, 2.05) is 37.3 Å². The summed E-state index contributed by atoms with van der Waals surface area (Å²) in [5.74, 6) is -2.49. The minimum absolute atomic E-state index is 0.0159. The van der Waals surface area contributed by atoms with Gasteiger partial charge in [0.15, 0.2) is 5.75 Å². The molecule has 5 N–H and O–H groups in total. The Bertz CT molecular complexity index is 1180. The van der Waals surface area contributed by atoms with E-state index < -0.39 is 35.0 Å². The van der Waals surface area contributed by atoms with Gasteiger partial charge in [-0.2, -0.15) is 0 Å². The first-order valence-corrected chi connectivity index (χ1v) is 9.57. The third kappa shape index (κ3) is 4.55. The van der Waals surface area contributed by atoms with Gasteiger partial charge in [0.05, 0.1) is 17.3 Å². The number of rotatable bonds is 9. The summed E-state index contributed by atoms with van der Waals surface area (Å²) in [4.78, 5) is 47.0. The highest BCUT2D eigenvalue weighted by atomic mass is 16.4. The van der Waals surface area contributed by atoms with Crippen LogP contribution in [0.2, 0.25) is 0 Å². The van der Waals surface area contributed by atoms with E-state index in [0.29, 0.717) is 6.42 Å². The van der Waals surface area contributed by atoms with Gasteiger partial charge in [0.2, 0.25) is 0 Å². The van der Waals surface area contributed by atoms with Gasteiger partial charge in [-0.25, -0.2) is 0 Å². The minimum atomic E-state index is -1.23. The maximum atomic E-state index is 12.2. The molecule has 0 saturated heterocycles. The Morgan fingerprint density at radius 1 is 0.968 bits per heavy atom. The molecule has 1 unspecified atom stereocenters. The molecule has 0 bridgehead atoms. The second kappa shape index (κ2) is 9.12. The number of phenols is 1. The second-order valence-corrected chi connectivity index (χ2v) is 6.83. The number of anilines is 3. The Labute approximate surface area is 177 Å². The van der Waals surface area contributed by atoms with Crippen molar-refractivity contribution in [2.45, 2.75) is 19.4 Å². The summed E-state index contributed by atoms with van der Waals surface area (Å²) in [6.45, 7) is 1.33. The third-order valence-electron chi connectivity index (χ3n) is 4.78. The lowest BCUT2D eigenvalue weighted by molar-refractivity contribution is -0.135. The van der Waals surface area contributed by atoms with Gasteiger partial charge in [-0.15, -0.1) is 0 Å². The van der Waals surface area contributed by atoms with Crippen LogP contribution < -0.4 is 26.8 Å². The van der Waals surface area contributed by atoms with E-state index in [4.69, 9.17) is 5.11 Å². The van der Waals surface area contributed by atoms with E-state index in [1.54, 1.807) is 0 Å². The van der Waals surface area contributed by atoms with Crippen LogP contribution in [0.5, 0.6) is 5.75 Å². The molecule has 0 saturated carbocycles. The maximum Gasteiger partial charge on any atom is 0.322 e. The number of hydrogen-bond donors (Lipinski definition) is 5. The first kappa shape index (κ1) is 21.6. The lowest BCUT2D eigenvalue weighted by atomic mass is 10.0. The number of nitrogens with one attached hydrogen (secondary N) is 3. The van der Waals surface area contributed by atoms with Crippen LogP contribution in [0.4, 0.5) is 17.1 Å². The van der Waals surface area contributed by atoms with E-state index in [9.17, 15) is 24.3 Å². The van der Waals surface area contributed by atoms with Crippen molar-refractivity contribution in [2.24, 2.45) is 0 Å². The van der Waals surface area contributed by atoms with Crippen molar-refractivity contribution in [2.75, 3.05) is 17.2 Å². The standard InChI is InChI=1S/C22H21N3O6/c1-2-14(12-7-4-3-5-8-12)24-17-18(21(30)20(17)29)25-15-10-6-9-13(19(15)28)22(31)23-11-16(26)27/h3-10,14,24-25,28H,2,11H2,1H3,(H,23,31)(H,26,27). The maximum absolute atomic E-state index is 12.2. The molecule has 31 heavy (non-hydrogen) atoms. The lowest BCUT2D eigenvalue weighted by Crippen LogP contribution is -2.37. The fourth-order valence-electron chi connectivity index (χ4n) is 3.14. The summed E-state index contributed by atoms with van der Waals surface area (Å²) in [6, 6.07) is 13.4. The van der Waals surface area contributed by atoms with Crippen LogP contribution in [0.1, 0.15) is 35.3 Å². The summed E-state index contributed by atoms with van der Waals surface area (Å²) in [5.41, 5.74) is -0.527. The molecule has 1 atom stereocenters. The topological polar surface area (TPSA) is 145 Å². The lowest BCUT2D eigenvalue weighted by Gasteiger charge is -2.22. The zero-order valence-corrected chi connectivity index (χ0v) is 16.6. The number of amides is 1. The number of carbonyl (C=O) groups is 2. The van der Waals surface area contributed by atoms with Crippen LogP contribution in [0.25, 0.3) is 0 Å². The summed E-state index contributed by atoms with van der Waals surface area (Å²) in [6.07, 6.45) is 0.659. The highest BCUT2D eigenvalue weighted by Crippen LogP contribution is 2.32. The molecular formula is C22H21N3O6. The van der Waals surface area contributed by atoms with E-state index in [2.05, 4.69) is 16.0 Å². The Morgan fingerprint density at radius 3 is 2.29 bits per heavy atom. The number of aromatic hydroxyl groups is 1. The Morgan fingerprint density at radius 2 is 1.65 bits per heavy atom. The molecule has 0 aliphatic rings. The van der Waals surface area contributed by atoms with Crippen molar-refractivity contribution in [3.05, 3.63) is 80.1 Å². The molecule has 9 heteroatoms. The second-order valence-electron chi connectivity index (χ2n) is 6.83. The van der Waals surface area contributed by atoms with Crippen molar-refractivity contribution in [3.8, 4) is 5.75 Å². The highest BCUT2D eigenvalue weighted by molar-refractivity contribution is 6.00. The Hall–Kier alpha value is -4.14. The highest BCUT2D eigenvalue weighted by Gasteiger charge is 2.25. The molecular weight excluding hydrogens is 402 g/mol. The molecule has 0 fully saturated rings. The average molecular weight is 423 g/mol. The number of aliphatic carboxylic acids is 1. The van der Waals surface area contributed by atoms with Crippen molar-refractivity contribution in [1.82, 2.24) is 5.32 Å². The van der Waals surface area contributed by atoms with Gasteiger partial charge < -0.3 is 26.2 Å². The number of hydrogen-bond acceptors (Lipinski definition) is 7. The number of carboxylic acid groups (broad SMARTS) is 1. The van der Waals surface area contributed by atoms with Crippen LogP contribution in [-0.2, 0) is 4.79 Å². The van der Waals surface area contributed by atoms with Gasteiger partial charge in [0.25, 0.3) is 16.8 Å². The molecule has 3 rings (SSSR count). The van der Waals surface area contributed by atoms with Crippen LogP contribution in [0.3, 0.4) is 0 Å². The van der Waals surface area contributed by atoms with Gasteiger partial charge in [-0.1, -0.05) is 43.3 Å². The van der Waals surface area contributed by atoms with Crippen LogP contribution in [0.15, 0.2) is 58.1 Å². The monoisotopic (exact) mass is 423 g/mol. The van der Waals surface area contributed by atoms with Crippen molar-refractivity contribution in [1.29, 1.82) is 0 Å². The minimum Gasteiger partial charge on any atom is -0.505 e. The zero-order valence-electron chi connectivity index (χ0n) is 16.6. The smallest absolute Gasteiger partial charge is 0.322 e. The average Bonchev–Trinajstić information content (AvgIpc) is 2.78. The fourth-order valence-corrected chi connectivity index (χ4v) is 3.14. The molecule has 0 aromatic heterocycles. The SMILES string of the molecule is CCC(Nc1c(Nc2cccc(C(=O)NCC(=O)O)c2O)c(=O)c1=O)c1ccccc1. The normalized spacial score (nSPS) is 11.6. The predicted molar refractivity (Wildman–Crippen MR) is 116 cm³/mol. The molecule has 160 valence electrons. The quantitative estimate of drug-likeness (QED) is 0.260. The Kier molecular flexibility index (Phi) is 6.35. The summed E-state index contributed by atoms with van der Waals surface area (Å²) in [7, 11) is 0. The van der Waals surface area contributed by atoms with Gasteiger partial charge in [0, 0.05) is 0 Å². The number of carboxylic acids is 1. The first-order chi connectivity index (χ1) is 14.8. The van der Waals surface area contributed by atoms with Crippen LogP contribution in [0, 0.1) is 0 Å². The van der Waals surface area contributed by atoms with Crippen LogP contribution in [-0.4, -0.2) is 28.6 Å². The molecule has 9 nitrogen and oxygen atoms in total. The van der Waals surface area contributed by atoms with Gasteiger partial charge in [-0.05, 0) is 24.1 Å². The van der Waals surface area contributed by atoms with E-state index in [-0.39, 0.29) is 28.7 Å². The summed E-state index contributed by atoms with van der Waals surface area (Å²) in [5, 5.41) is 27.1. The molecule has 0 aliphatic heterocycles. The van der Waals surface area contributed by atoms with E-state index in [1.165, 1.54) is 18.2 Å². The number of para-hydroxylation sites is 1. The predicted octanol–water partition coefficient (Wildman–Crippen LogP) is 2.11. The summed E-state index contributed by atoms with van der Waals surface area (Å²) < 4.78 is 0. The molecule has 3 aromatic rings. The Balaban J connectivity index is 1.85. The number of benzene rings is 2. The molecule has 0 aliphatic carbocycles. The van der Waals surface area contributed by atoms with Crippen molar-refractivity contribution >= 4 is 28.9 Å². The van der Waals surface area contributed by atoms with Crippen molar-refractivity contribution in [3.63, 3.8) is 0 Å². The number of phenolic OH excluding ortho intramolecular Hbond substituents is 1. The zero-order chi connectivity index (χ0) is 22.5. The van der Waals surface area contributed by atoms with Gasteiger partial charge in [0.1, 0.15) is 17.9 Å². The third-order valence-corrected chi connectivity index (χ3v) is 4.78. The van der Waals surface area contributed by atoms with E-state index >= 15 is 0 Å². The summed E-state index contributed by atoms with van der Waals surface area (Å²) >= 11 is 0. The van der Waals surface area contributed by atoms with Gasteiger partial charge >= 0.3 is 5.97 Å². The molecule has 3 aromatic carbocycles. The molecule has 0 heterocycles. The number of carbonyl (C=O) groups excluding carboxylic acids is 1. The molecule has 0 radical (unpaired) electrons. The fraction of sp³-hybridized carbons (Fsp3) is 0.182. The largest absolute Gasteiger partial charge is 0.505 e. The molecule has 0 spiro atoms. The first-order valence-electron chi connectivity index (χ1n) is 9.57. The van der Waals surface area contributed by atoms with Crippen LogP contribution >= 0.6 is 0 Å². The van der Waals surface area contributed by atoms with Gasteiger partial charge in [-0.3, -0.25) is 19.2 Å². The van der Waals surface area contributed by atoms with Crippen molar-refractivity contribution < 1.29 is 19.8 Å². The van der Waals surface area contributed by atoms with E-state index in [0.717, 1.165) is 5.56 Å².